The number of rotatable bonds is 12. The van der Waals surface area contributed by atoms with E-state index in [2.05, 4.69) is 210 Å². The van der Waals surface area contributed by atoms with Gasteiger partial charge < -0.3 is 22.7 Å². The van der Waals surface area contributed by atoms with E-state index in [1.807, 2.05) is 51.1 Å². The van der Waals surface area contributed by atoms with E-state index < -0.39 is 0 Å². The molecule has 0 unspecified atom stereocenters. The average molecular weight is 1290 g/mol. The molecule has 422 valence electrons. The number of aromatic nitrogens is 6. The molecule has 6 aromatic heterocycles. The molecule has 0 fully saturated rings. The molecule has 10 heteroatoms. The van der Waals surface area contributed by atoms with Gasteiger partial charge >= 0.3 is 21.1 Å². The average Bonchev–Trinajstić information content (AvgIpc) is 1.76. The molecule has 0 spiro atoms. The number of furan rings is 2. The first-order valence-electron chi connectivity index (χ1n) is 29.3. The third-order valence-corrected chi connectivity index (χ3v) is 16.6. The topological polar surface area (TPSA) is 96.9 Å². The van der Waals surface area contributed by atoms with Crippen LogP contribution in [0.15, 0.2) is 173 Å². The van der Waals surface area contributed by atoms with Gasteiger partial charge in [0.2, 0.25) is 5.71 Å². The van der Waals surface area contributed by atoms with Gasteiger partial charge in [0, 0.05) is 45.7 Å². The summed E-state index contributed by atoms with van der Waals surface area (Å²) in [5, 5.41) is 3.38. The van der Waals surface area contributed by atoms with Gasteiger partial charge in [-0.1, -0.05) is 169 Å². The van der Waals surface area contributed by atoms with E-state index >= 15 is 0 Å². The van der Waals surface area contributed by atoms with Crippen LogP contribution < -0.4 is 4.74 Å². The Bertz CT molecular complexity index is 4870. The normalized spacial score (nSPS) is 12.0. The molecule has 0 aliphatic rings. The summed E-state index contributed by atoms with van der Waals surface area (Å²) in [6.07, 6.45) is 0. The monoisotopic (exact) mass is 1290 g/mol. The van der Waals surface area contributed by atoms with E-state index in [4.69, 9.17) is 33.5 Å². The standard InChI is InChI=1S/C75H64N6O3.Pt/c1-41(2)55-35-51(48-23-14-12-15-24-48)36-56(42(3)4)69(55)80-63-31-20-18-29-61(63)78-73(80)50-27-22-28-53(34-50)82-54-39-59-67-68-66-46(10)76-45(9)33-65(66)83-75(68)77-47(11)71(67)84-72(59)60(40-54)74-79-62-30-19-21-32-64(62)81(74)70-57(43(5)6)37-52(38-58(70)44(7)8)49-25-16-13-17-26-49;/h12-33,35-39,41-44H,1-11H3;/q-2;+2. The minimum absolute atomic E-state index is 0. The summed E-state index contributed by atoms with van der Waals surface area (Å²) in [4.78, 5) is 21.0. The molecule has 0 saturated carbocycles. The van der Waals surface area contributed by atoms with Crippen LogP contribution in [-0.2, 0) is 21.1 Å². The van der Waals surface area contributed by atoms with Crippen molar-refractivity contribution in [3.8, 4) is 67.9 Å². The molecular weight excluding hydrogens is 1230 g/mol. The van der Waals surface area contributed by atoms with Gasteiger partial charge in [0.15, 0.2) is 0 Å². The fraction of sp³-hybridized carbons (Fsp3) is 0.200. The maximum Gasteiger partial charge on any atom is 2.00 e. The van der Waals surface area contributed by atoms with Gasteiger partial charge in [0.1, 0.15) is 11.2 Å². The summed E-state index contributed by atoms with van der Waals surface area (Å²) < 4.78 is 25.8. The van der Waals surface area contributed by atoms with Gasteiger partial charge in [-0.15, -0.1) is 23.8 Å². The van der Waals surface area contributed by atoms with E-state index in [-0.39, 0.29) is 44.7 Å². The number of hydrogen-bond donors (Lipinski definition) is 0. The molecule has 8 aromatic carbocycles. The van der Waals surface area contributed by atoms with E-state index in [1.54, 1.807) is 0 Å². The Morgan fingerprint density at radius 2 is 0.953 bits per heavy atom. The van der Waals surface area contributed by atoms with Crippen molar-refractivity contribution in [2.24, 2.45) is 0 Å². The van der Waals surface area contributed by atoms with Crippen molar-refractivity contribution in [2.45, 2.75) is 99.8 Å². The van der Waals surface area contributed by atoms with Gasteiger partial charge in [0.25, 0.3) is 0 Å². The summed E-state index contributed by atoms with van der Waals surface area (Å²) in [5.74, 6) is 3.09. The Balaban J connectivity index is 0.00000672. The molecule has 0 aliphatic heterocycles. The number of hydrogen-bond acceptors (Lipinski definition) is 7. The van der Waals surface area contributed by atoms with Crippen LogP contribution in [0, 0.1) is 32.9 Å². The van der Waals surface area contributed by atoms with E-state index in [0.717, 1.165) is 83.3 Å². The molecule has 0 atom stereocenters. The molecule has 0 bridgehead atoms. The molecule has 0 N–H and O–H groups in total. The SMILES string of the molecule is Cc1cc2oc3nc(C)c4oc5c(-c6nc7ccccc7n6-c6c(C(C)C)cc(-c7ccccc7)cc6C(C)C)[c-]c(Oc6[c-]c(-c7nc8ccccc8n7-c7c(C(C)C)cc(-c8ccccc8)cc7C(C)C)ccc6)cc5c4c3c2c(C)n1.[Pt+2]. The van der Waals surface area contributed by atoms with Crippen LogP contribution in [0.4, 0.5) is 0 Å². The van der Waals surface area contributed by atoms with Gasteiger partial charge in [-0.05, 0) is 137 Å². The molecule has 0 aliphatic carbocycles. The molecule has 9 nitrogen and oxygen atoms in total. The smallest absolute Gasteiger partial charge is 0.499 e. The number of para-hydroxylation sites is 4. The number of ether oxygens (including phenoxy) is 1. The largest absolute Gasteiger partial charge is 2.00 e. The van der Waals surface area contributed by atoms with Crippen LogP contribution in [0.1, 0.15) is 118 Å². The Kier molecular flexibility index (Phi) is 14.1. The number of nitrogens with zero attached hydrogens (tertiary/aromatic N) is 6. The van der Waals surface area contributed by atoms with Crippen LogP contribution in [0.3, 0.4) is 0 Å². The molecule has 0 amide bonds. The summed E-state index contributed by atoms with van der Waals surface area (Å²) in [6.45, 7) is 24.2. The number of pyridine rings is 2. The molecule has 14 rings (SSSR count). The van der Waals surface area contributed by atoms with Crippen molar-refractivity contribution in [3.05, 3.63) is 215 Å². The first-order valence-corrected chi connectivity index (χ1v) is 29.3. The van der Waals surface area contributed by atoms with Crippen molar-refractivity contribution in [1.82, 2.24) is 29.1 Å². The van der Waals surface area contributed by atoms with E-state index in [9.17, 15) is 0 Å². The number of aryl methyl sites for hydroxylation is 3. The summed E-state index contributed by atoms with van der Waals surface area (Å²) in [6, 6.07) is 65.2. The Morgan fingerprint density at radius 3 is 1.51 bits per heavy atom. The van der Waals surface area contributed by atoms with Gasteiger partial charge in [0.05, 0.1) is 55.8 Å². The summed E-state index contributed by atoms with van der Waals surface area (Å²) in [7, 11) is 0. The number of imidazole rings is 2. The molecule has 0 radical (unpaired) electrons. The third-order valence-electron chi connectivity index (χ3n) is 16.6. The predicted molar refractivity (Wildman–Crippen MR) is 342 cm³/mol. The van der Waals surface area contributed by atoms with Gasteiger partial charge in [-0.3, -0.25) is 15.0 Å². The number of fused-ring (bicyclic) bond motifs is 9. The van der Waals surface area contributed by atoms with Crippen LogP contribution >= 0.6 is 0 Å². The fourth-order valence-corrected chi connectivity index (χ4v) is 12.6. The summed E-state index contributed by atoms with van der Waals surface area (Å²) >= 11 is 0. The van der Waals surface area contributed by atoms with Crippen molar-refractivity contribution in [1.29, 1.82) is 0 Å². The van der Waals surface area contributed by atoms with Crippen molar-refractivity contribution in [3.63, 3.8) is 0 Å². The molecule has 0 saturated heterocycles. The second kappa shape index (κ2) is 21.6. The van der Waals surface area contributed by atoms with E-state index in [1.165, 1.54) is 44.5 Å². The first kappa shape index (κ1) is 55.3. The summed E-state index contributed by atoms with van der Waals surface area (Å²) in [5.41, 5.74) is 21.8. The minimum Gasteiger partial charge on any atom is -0.499 e. The number of benzene rings is 8. The zero-order valence-electron chi connectivity index (χ0n) is 49.6. The maximum absolute atomic E-state index is 7.25. The van der Waals surface area contributed by atoms with Crippen molar-refractivity contribution < 1.29 is 34.6 Å². The van der Waals surface area contributed by atoms with Crippen molar-refractivity contribution >= 4 is 66.1 Å². The van der Waals surface area contributed by atoms with Gasteiger partial charge in [-0.25, -0.2) is 4.98 Å². The fourth-order valence-electron chi connectivity index (χ4n) is 12.6. The zero-order chi connectivity index (χ0) is 57.8. The zero-order valence-corrected chi connectivity index (χ0v) is 51.9. The van der Waals surface area contributed by atoms with Crippen LogP contribution in [0.25, 0.3) is 122 Å². The molecule has 14 aromatic rings. The maximum atomic E-state index is 7.25. The molecular formula is C75H64N6O3Pt. The first-order chi connectivity index (χ1) is 40.7. The quantitative estimate of drug-likeness (QED) is 0.112. The van der Waals surface area contributed by atoms with Crippen molar-refractivity contribution in [2.75, 3.05) is 0 Å². The minimum atomic E-state index is 0. The second-order valence-corrected chi connectivity index (χ2v) is 23.7. The molecule has 6 heterocycles. The van der Waals surface area contributed by atoms with Crippen LogP contribution in [0.5, 0.6) is 11.5 Å². The Morgan fingerprint density at radius 1 is 0.435 bits per heavy atom. The van der Waals surface area contributed by atoms with E-state index in [0.29, 0.717) is 45.5 Å². The molecule has 85 heavy (non-hydrogen) atoms. The third kappa shape index (κ3) is 9.35. The Labute approximate surface area is 509 Å². The Hall–Kier alpha value is -8.91. The predicted octanol–water partition coefficient (Wildman–Crippen LogP) is 20.4. The van der Waals surface area contributed by atoms with Gasteiger partial charge in [-0.2, -0.15) is 0 Å². The van der Waals surface area contributed by atoms with Crippen LogP contribution in [-0.4, -0.2) is 29.1 Å². The van der Waals surface area contributed by atoms with Crippen LogP contribution in [0.2, 0.25) is 0 Å². The second-order valence-electron chi connectivity index (χ2n) is 23.7.